The van der Waals surface area contributed by atoms with Gasteiger partial charge in [0.2, 0.25) is 7.29 Å². The largest absolute Gasteiger partial charge is 0.288 e. The van der Waals surface area contributed by atoms with Gasteiger partial charge in [-0.2, -0.15) is 0 Å². The van der Waals surface area contributed by atoms with Gasteiger partial charge in [0.05, 0.1) is 0 Å². The zero-order valence-corrected chi connectivity index (χ0v) is 11.5. The minimum atomic E-state index is -2.87. The summed E-state index contributed by atoms with van der Waals surface area (Å²) < 4.78 is 17.8. The first-order chi connectivity index (χ1) is 9.29. The Morgan fingerprint density at radius 3 is 1.79 bits per heavy atom. The van der Waals surface area contributed by atoms with Crippen LogP contribution in [0.3, 0.4) is 0 Å². The number of rotatable bonds is 4. The van der Waals surface area contributed by atoms with Crippen molar-refractivity contribution in [1.82, 2.24) is 0 Å². The zero-order chi connectivity index (χ0) is 13.1. The van der Waals surface area contributed by atoms with E-state index in [4.69, 9.17) is 0 Å². The van der Waals surface area contributed by atoms with E-state index in [1.165, 1.54) is 12.8 Å². The summed E-state index contributed by atoms with van der Waals surface area (Å²) in [7, 11) is -2.87. The fourth-order valence-corrected chi connectivity index (χ4v) is 4.07. The topological polar surface area (TPSA) is 29.4 Å². The van der Waals surface area contributed by atoms with Crippen molar-refractivity contribution in [3.05, 3.63) is 60.7 Å². The molecule has 2 aromatic carbocycles. The van der Waals surface area contributed by atoms with Gasteiger partial charge < -0.3 is 0 Å². The molecular weight excluding hydrogens is 253 g/mol. The van der Waals surface area contributed by atoms with Crippen LogP contribution in [-0.2, 0) is 4.57 Å². The molecule has 19 heavy (non-hydrogen) atoms. The highest BCUT2D eigenvalue weighted by molar-refractivity contribution is 7.77. The van der Waals surface area contributed by atoms with Crippen LogP contribution in [0.15, 0.2) is 65.4 Å². The van der Waals surface area contributed by atoms with Crippen LogP contribution in [0.4, 0.5) is 0 Å². The first kappa shape index (κ1) is 12.4. The Bertz CT molecular complexity index is 574. The molecule has 96 valence electrons. The summed E-state index contributed by atoms with van der Waals surface area (Å²) in [5.41, 5.74) is 0. The smallest absolute Gasteiger partial charge is 0.247 e. The predicted octanol–water partition coefficient (Wildman–Crippen LogP) is 3.40. The van der Waals surface area contributed by atoms with Crippen LogP contribution in [0.2, 0.25) is 0 Å². The molecule has 0 N–H and O–H groups in total. The molecule has 0 atom stereocenters. The van der Waals surface area contributed by atoms with Crippen molar-refractivity contribution in [2.45, 2.75) is 12.8 Å². The van der Waals surface area contributed by atoms with Crippen LogP contribution in [0, 0.1) is 5.92 Å². The molecule has 0 saturated heterocycles. The van der Waals surface area contributed by atoms with Crippen LogP contribution in [0.1, 0.15) is 12.8 Å². The van der Waals surface area contributed by atoms with E-state index < -0.39 is 7.29 Å². The summed E-state index contributed by atoms with van der Waals surface area (Å²) in [5.74, 6) is 0.528. The summed E-state index contributed by atoms with van der Waals surface area (Å²) in [6.07, 6.45) is 4.24. The van der Waals surface area contributed by atoms with Gasteiger partial charge in [-0.25, -0.2) is 4.76 Å². The standard InChI is InChI=1S/C16H16NOP/c18-19(17-13-14-11-12-14,15-7-3-1-4-8-15)16-9-5-2-6-10-16/h1-10,13-14H,11-12H2/b17-13+. The summed E-state index contributed by atoms with van der Waals surface area (Å²) in [6, 6.07) is 19.1. The highest BCUT2D eigenvalue weighted by atomic mass is 31.2. The lowest BCUT2D eigenvalue weighted by Crippen LogP contribution is -2.14. The van der Waals surface area contributed by atoms with Crippen LogP contribution in [0.5, 0.6) is 0 Å². The molecule has 0 amide bonds. The molecule has 3 rings (SSSR count). The average Bonchev–Trinajstić information content (AvgIpc) is 3.31. The van der Waals surface area contributed by atoms with Gasteiger partial charge in [0.1, 0.15) is 0 Å². The van der Waals surface area contributed by atoms with Gasteiger partial charge >= 0.3 is 0 Å². The molecule has 1 saturated carbocycles. The Morgan fingerprint density at radius 1 is 0.895 bits per heavy atom. The third-order valence-corrected chi connectivity index (χ3v) is 5.73. The summed E-state index contributed by atoms with van der Waals surface area (Å²) in [6.45, 7) is 0. The van der Waals surface area contributed by atoms with Gasteiger partial charge in [-0.15, -0.1) is 0 Å². The molecule has 2 aromatic rings. The number of hydrogen-bond acceptors (Lipinski definition) is 1. The molecule has 3 heteroatoms. The lowest BCUT2D eigenvalue weighted by molar-refractivity contribution is 0.588. The molecule has 2 nitrogen and oxygen atoms in total. The Labute approximate surface area is 113 Å². The molecule has 0 aromatic heterocycles. The maximum Gasteiger partial charge on any atom is 0.247 e. The summed E-state index contributed by atoms with van der Waals surface area (Å²) in [4.78, 5) is 0. The lowest BCUT2D eigenvalue weighted by Gasteiger charge is -2.14. The third-order valence-electron chi connectivity index (χ3n) is 3.27. The van der Waals surface area contributed by atoms with Gasteiger partial charge in [0, 0.05) is 16.8 Å². The quantitative estimate of drug-likeness (QED) is 0.618. The Kier molecular flexibility index (Phi) is 3.35. The Balaban J connectivity index is 2.07. The molecule has 0 unspecified atom stereocenters. The Morgan fingerprint density at radius 2 is 1.37 bits per heavy atom. The van der Waals surface area contributed by atoms with E-state index in [0.717, 1.165) is 10.6 Å². The SMILES string of the molecule is O=P(/N=C/C1CC1)(c1ccccc1)c1ccccc1. The van der Waals surface area contributed by atoms with E-state index in [1.54, 1.807) is 0 Å². The molecular formula is C16H16NOP. The maximum atomic E-state index is 13.4. The summed E-state index contributed by atoms with van der Waals surface area (Å²) in [5, 5.41) is 1.61. The molecule has 0 bridgehead atoms. The van der Waals surface area contributed by atoms with E-state index in [0.29, 0.717) is 5.92 Å². The molecule has 1 fully saturated rings. The van der Waals surface area contributed by atoms with Crippen molar-refractivity contribution in [2.24, 2.45) is 10.7 Å². The monoisotopic (exact) mass is 269 g/mol. The first-order valence-corrected chi connectivity index (χ1v) is 8.22. The number of benzene rings is 2. The highest BCUT2D eigenvalue weighted by Crippen LogP contribution is 2.45. The minimum Gasteiger partial charge on any atom is -0.288 e. The molecule has 0 radical (unpaired) electrons. The molecule has 1 aliphatic rings. The number of nitrogens with zero attached hydrogens (tertiary/aromatic N) is 1. The van der Waals surface area contributed by atoms with Crippen molar-refractivity contribution in [3.8, 4) is 0 Å². The van der Waals surface area contributed by atoms with Gasteiger partial charge in [-0.3, -0.25) is 4.57 Å². The van der Waals surface area contributed by atoms with E-state index in [9.17, 15) is 4.57 Å². The molecule has 0 spiro atoms. The first-order valence-electron chi connectivity index (χ1n) is 6.56. The normalized spacial score (nSPS) is 15.8. The van der Waals surface area contributed by atoms with Crippen LogP contribution >= 0.6 is 7.29 Å². The van der Waals surface area contributed by atoms with E-state index in [1.807, 2.05) is 66.9 Å². The van der Waals surface area contributed by atoms with E-state index in [2.05, 4.69) is 4.76 Å². The Hall–Kier alpha value is -1.66. The maximum absolute atomic E-state index is 13.4. The third kappa shape index (κ3) is 2.69. The van der Waals surface area contributed by atoms with Crippen molar-refractivity contribution in [3.63, 3.8) is 0 Å². The van der Waals surface area contributed by atoms with Crippen LogP contribution in [0.25, 0.3) is 0 Å². The second-order valence-corrected chi connectivity index (χ2v) is 7.26. The summed E-state index contributed by atoms with van der Waals surface area (Å²) >= 11 is 0. The van der Waals surface area contributed by atoms with Crippen molar-refractivity contribution < 1.29 is 4.57 Å². The second-order valence-electron chi connectivity index (χ2n) is 4.85. The minimum absolute atomic E-state index is 0.528. The molecule has 1 aliphatic carbocycles. The molecule has 0 aliphatic heterocycles. The van der Waals surface area contributed by atoms with Gasteiger partial charge in [-0.05, 0) is 43.0 Å². The number of hydrogen-bond donors (Lipinski definition) is 0. The zero-order valence-electron chi connectivity index (χ0n) is 10.6. The van der Waals surface area contributed by atoms with Gasteiger partial charge in [0.15, 0.2) is 0 Å². The molecule has 0 heterocycles. The van der Waals surface area contributed by atoms with E-state index in [-0.39, 0.29) is 0 Å². The van der Waals surface area contributed by atoms with Crippen molar-refractivity contribution in [1.29, 1.82) is 0 Å². The lowest BCUT2D eigenvalue weighted by atomic mass is 10.4. The van der Waals surface area contributed by atoms with Crippen LogP contribution < -0.4 is 10.6 Å². The van der Waals surface area contributed by atoms with E-state index >= 15 is 0 Å². The van der Waals surface area contributed by atoms with Gasteiger partial charge in [0.25, 0.3) is 0 Å². The average molecular weight is 269 g/mol. The van der Waals surface area contributed by atoms with Crippen LogP contribution in [-0.4, -0.2) is 6.21 Å². The highest BCUT2D eigenvalue weighted by Gasteiger charge is 2.27. The van der Waals surface area contributed by atoms with Gasteiger partial charge in [-0.1, -0.05) is 36.4 Å². The van der Waals surface area contributed by atoms with Crippen molar-refractivity contribution in [2.75, 3.05) is 0 Å². The fraction of sp³-hybridized carbons (Fsp3) is 0.188. The fourth-order valence-electron chi connectivity index (χ4n) is 1.98. The predicted molar refractivity (Wildman–Crippen MR) is 81.0 cm³/mol. The second kappa shape index (κ2) is 5.14. The van der Waals surface area contributed by atoms with Crippen molar-refractivity contribution >= 4 is 24.1 Å².